The van der Waals surface area contributed by atoms with Crippen molar-refractivity contribution in [3.05, 3.63) is 41.1 Å². The van der Waals surface area contributed by atoms with Crippen molar-refractivity contribution in [1.29, 1.82) is 0 Å². The molecule has 3 N–H and O–H groups in total. The highest BCUT2D eigenvalue weighted by Crippen LogP contribution is 2.40. The third kappa shape index (κ3) is 3.74. The molecule has 2 aromatic heterocycles. The Hall–Kier alpha value is -3.47. The third-order valence-electron chi connectivity index (χ3n) is 7.14. The van der Waals surface area contributed by atoms with Crippen molar-refractivity contribution >= 4 is 33.1 Å². The summed E-state index contributed by atoms with van der Waals surface area (Å²) in [5, 5.41) is 7.11. The van der Waals surface area contributed by atoms with Crippen LogP contribution < -0.4 is 11.1 Å². The van der Waals surface area contributed by atoms with Gasteiger partial charge in [-0.3, -0.25) is 9.59 Å². The summed E-state index contributed by atoms with van der Waals surface area (Å²) in [6, 6.07) is 5.22. The second kappa shape index (κ2) is 7.51. The predicted molar refractivity (Wildman–Crippen MR) is 128 cm³/mol. The van der Waals surface area contributed by atoms with Gasteiger partial charge in [-0.2, -0.15) is 0 Å². The minimum Gasteiger partial charge on any atom is -0.381 e. The van der Waals surface area contributed by atoms with Crippen LogP contribution in [0, 0.1) is 5.92 Å². The maximum atomic E-state index is 13.3. The molecule has 2 aliphatic carbocycles. The van der Waals surface area contributed by atoms with E-state index < -0.39 is 9.84 Å². The predicted octanol–water partition coefficient (Wildman–Crippen LogP) is 2.03. The Morgan fingerprint density at radius 3 is 2.63 bits per heavy atom. The molecule has 182 valence electrons. The van der Waals surface area contributed by atoms with Gasteiger partial charge in [0.1, 0.15) is 5.56 Å². The number of carbonyl (C=O) groups excluding carboxylic acids is 2. The molecule has 0 radical (unpaired) electrons. The minimum atomic E-state index is -3.69. The topological polar surface area (TPSA) is 140 Å². The minimum absolute atomic E-state index is 0.00175. The second-order valence-corrected chi connectivity index (χ2v) is 11.9. The van der Waals surface area contributed by atoms with E-state index in [9.17, 15) is 18.0 Å². The number of sulfone groups is 1. The van der Waals surface area contributed by atoms with Crippen LogP contribution in [0.3, 0.4) is 0 Å². The number of nitrogens with zero attached hydrogens (tertiary/aromatic N) is 4. The van der Waals surface area contributed by atoms with Crippen molar-refractivity contribution in [2.24, 2.45) is 5.92 Å². The fourth-order valence-corrected chi connectivity index (χ4v) is 5.78. The van der Waals surface area contributed by atoms with E-state index in [1.165, 1.54) is 10.6 Å². The van der Waals surface area contributed by atoms with Gasteiger partial charge in [-0.15, -0.1) is 5.10 Å². The van der Waals surface area contributed by atoms with Gasteiger partial charge < -0.3 is 16.0 Å². The molecule has 1 aliphatic heterocycles. The molecule has 1 unspecified atom stereocenters. The van der Waals surface area contributed by atoms with Crippen molar-refractivity contribution in [1.82, 2.24) is 24.8 Å². The lowest BCUT2D eigenvalue weighted by Gasteiger charge is -2.24. The highest BCUT2D eigenvalue weighted by molar-refractivity contribution is 7.90. The van der Waals surface area contributed by atoms with Gasteiger partial charge in [0.15, 0.2) is 21.3 Å². The van der Waals surface area contributed by atoms with Gasteiger partial charge in [0.25, 0.3) is 11.8 Å². The largest absolute Gasteiger partial charge is 0.381 e. The van der Waals surface area contributed by atoms with Crippen molar-refractivity contribution in [3.8, 4) is 11.3 Å². The van der Waals surface area contributed by atoms with E-state index in [-0.39, 0.29) is 45.7 Å². The average molecular weight is 495 g/mol. The molecule has 2 amide bonds. The number of nitrogens with one attached hydrogen (secondary N) is 1. The first kappa shape index (κ1) is 22.0. The summed E-state index contributed by atoms with van der Waals surface area (Å²) in [7, 11) is -3.69. The second-order valence-electron chi connectivity index (χ2n) is 9.88. The molecule has 3 aliphatic rings. The van der Waals surface area contributed by atoms with Gasteiger partial charge in [0.2, 0.25) is 0 Å². The standard InChI is InChI=1S/C24H26N6O4S/c1-12(13-3-4-13)29-11-15-9-14(10-18(35(2,33)34)19(15)24(29)32)17-7-8-30-22(27-17)20(21(25)28-30)23(31)26-16-5-6-16/h7-10,12-13,16H,3-6,11H2,1-2H3,(H2,25,28)(H,26,31). The Morgan fingerprint density at radius 2 is 1.97 bits per heavy atom. The Balaban J connectivity index is 1.46. The van der Waals surface area contributed by atoms with E-state index >= 15 is 0 Å². The summed E-state index contributed by atoms with van der Waals surface area (Å²) in [5.41, 5.74) is 8.45. The van der Waals surface area contributed by atoms with Crippen LogP contribution in [0.4, 0.5) is 5.82 Å². The number of fused-ring (bicyclic) bond motifs is 2. The Morgan fingerprint density at radius 1 is 1.23 bits per heavy atom. The fourth-order valence-electron chi connectivity index (χ4n) is 4.85. The van der Waals surface area contributed by atoms with Gasteiger partial charge >= 0.3 is 0 Å². The molecule has 3 aromatic rings. The first-order chi connectivity index (χ1) is 16.6. The summed E-state index contributed by atoms with van der Waals surface area (Å²) in [6.45, 7) is 2.38. The zero-order chi connectivity index (χ0) is 24.6. The normalized spacial score (nSPS) is 18.7. The molecule has 11 heteroatoms. The van der Waals surface area contributed by atoms with Crippen LogP contribution >= 0.6 is 0 Å². The maximum Gasteiger partial charge on any atom is 0.259 e. The molecule has 0 bridgehead atoms. The molecule has 2 saturated carbocycles. The summed E-state index contributed by atoms with van der Waals surface area (Å²) < 4.78 is 26.9. The number of rotatable bonds is 6. The number of aromatic nitrogens is 3. The van der Waals surface area contributed by atoms with Gasteiger partial charge in [-0.05, 0) is 62.3 Å². The van der Waals surface area contributed by atoms with Crippen molar-refractivity contribution in [2.45, 2.75) is 56.1 Å². The Labute approximate surface area is 202 Å². The van der Waals surface area contributed by atoms with E-state index in [0.717, 1.165) is 31.9 Å². The molecule has 0 saturated heterocycles. The number of hydrogen-bond donors (Lipinski definition) is 2. The smallest absolute Gasteiger partial charge is 0.259 e. The van der Waals surface area contributed by atoms with Crippen LogP contribution in [0.2, 0.25) is 0 Å². The Bertz CT molecular complexity index is 1520. The van der Waals surface area contributed by atoms with Gasteiger partial charge in [-0.1, -0.05) is 0 Å². The molecule has 0 spiro atoms. The van der Waals surface area contributed by atoms with Crippen LogP contribution in [-0.2, 0) is 16.4 Å². The summed E-state index contributed by atoms with van der Waals surface area (Å²) >= 11 is 0. The number of carbonyl (C=O) groups is 2. The van der Waals surface area contributed by atoms with Crippen LogP contribution in [-0.4, -0.2) is 58.1 Å². The molecule has 1 aromatic carbocycles. The fraction of sp³-hybridized carbons (Fsp3) is 0.417. The number of nitrogen functional groups attached to an aromatic ring is 1. The van der Waals surface area contributed by atoms with Crippen LogP contribution in [0.5, 0.6) is 0 Å². The van der Waals surface area contributed by atoms with Crippen molar-refractivity contribution in [3.63, 3.8) is 0 Å². The van der Waals surface area contributed by atoms with Crippen molar-refractivity contribution < 1.29 is 18.0 Å². The lowest BCUT2D eigenvalue weighted by atomic mass is 10.0. The lowest BCUT2D eigenvalue weighted by molar-refractivity contribution is 0.0694. The molecular weight excluding hydrogens is 468 g/mol. The first-order valence-electron chi connectivity index (χ1n) is 11.8. The first-order valence-corrected chi connectivity index (χ1v) is 13.6. The summed E-state index contributed by atoms with van der Waals surface area (Å²) in [4.78, 5) is 32.4. The molecule has 6 rings (SSSR count). The maximum absolute atomic E-state index is 13.3. The van der Waals surface area contributed by atoms with E-state index in [1.54, 1.807) is 17.2 Å². The van der Waals surface area contributed by atoms with Crippen LogP contribution in [0.25, 0.3) is 16.9 Å². The van der Waals surface area contributed by atoms with E-state index in [2.05, 4.69) is 15.4 Å². The number of hydrogen-bond acceptors (Lipinski definition) is 7. The monoisotopic (exact) mass is 494 g/mol. The molecule has 2 fully saturated rings. The van der Waals surface area contributed by atoms with Gasteiger partial charge in [-0.25, -0.2) is 17.9 Å². The summed E-state index contributed by atoms with van der Waals surface area (Å²) in [5.74, 6) is -0.0250. The van der Waals surface area contributed by atoms with E-state index in [4.69, 9.17) is 5.73 Å². The third-order valence-corrected chi connectivity index (χ3v) is 8.26. The molecule has 1 atom stereocenters. The highest BCUT2D eigenvalue weighted by atomic mass is 32.2. The Kier molecular flexibility index (Phi) is 4.73. The zero-order valence-electron chi connectivity index (χ0n) is 19.5. The van der Waals surface area contributed by atoms with E-state index in [1.807, 2.05) is 13.0 Å². The SMILES string of the molecule is CC(C1CC1)N1Cc2cc(-c3ccn4nc(N)c(C(=O)NC5CC5)c4n3)cc(S(C)(=O)=O)c2C1=O. The number of nitrogens with two attached hydrogens (primary N) is 1. The quantitative estimate of drug-likeness (QED) is 0.534. The van der Waals surface area contributed by atoms with Gasteiger partial charge in [0.05, 0.1) is 16.2 Å². The number of anilines is 1. The molecular formula is C24H26N6O4S. The average Bonchev–Trinajstić information content (AvgIpc) is 3.72. The number of benzene rings is 1. The molecule has 3 heterocycles. The molecule has 10 nitrogen and oxygen atoms in total. The zero-order valence-corrected chi connectivity index (χ0v) is 20.3. The van der Waals surface area contributed by atoms with Crippen LogP contribution in [0.1, 0.15) is 58.9 Å². The van der Waals surface area contributed by atoms with Gasteiger partial charge in [0, 0.05) is 36.6 Å². The lowest BCUT2D eigenvalue weighted by Crippen LogP contribution is -2.35. The highest BCUT2D eigenvalue weighted by Gasteiger charge is 2.41. The molecule has 35 heavy (non-hydrogen) atoms. The summed E-state index contributed by atoms with van der Waals surface area (Å²) in [6.07, 6.45) is 6.79. The number of amides is 2. The van der Waals surface area contributed by atoms with Crippen molar-refractivity contribution in [2.75, 3.05) is 12.0 Å². The van der Waals surface area contributed by atoms with E-state index in [0.29, 0.717) is 34.9 Å². The van der Waals surface area contributed by atoms with Crippen LogP contribution in [0.15, 0.2) is 29.3 Å².